The van der Waals surface area contributed by atoms with Crippen LogP contribution in [0.3, 0.4) is 0 Å². The summed E-state index contributed by atoms with van der Waals surface area (Å²) in [5.41, 5.74) is 2.44. The summed E-state index contributed by atoms with van der Waals surface area (Å²) in [7, 11) is 0. The fourth-order valence-electron chi connectivity index (χ4n) is 4.65. The molecule has 2 fully saturated rings. The van der Waals surface area contributed by atoms with E-state index < -0.39 is 0 Å². The van der Waals surface area contributed by atoms with Crippen molar-refractivity contribution in [1.82, 2.24) is 0 Å². The molecule has 0 aromatic carbocycles. The van der Waals surface area contributed by atoms with Crippen LogP contribution in [0.25, 0.3) is 0 Å². The van der Waals surface area contributed by atoms with Gasteiger partial charge in [0.2, 0.25) is 0 Å². The Morgan fingerprint density at radius 2 is 1.43 bits per heavy atom. The molecule has 0 N–H and O–H groups in total. The maximum absolute atomic E-state index is 4.29. The Hall–Kier alpha value is -1.04. The average molecular weight is 313 g/mol. The first-order valence-electron chi connectivity index (χ1n) is 9.73. The van der Waals surface area contributed by atoms with E-state index in [9.17, 15) is 0 Å². The van der Waals surface area contributed by atoms with E-state index in [1.165, 1.54) is 69.8 Å². The van der Waals surface area contributed by atoms with Gasteiger partial charge in [0.25, 0.3) is 0 Å². The molecule has 0 bridgehead atoms. The van der Waals surface area contributed by atoms with Gasteiger partial charge in [-0.05, 0) is 82.0 Å². The fourth-order valence-corrected chi connectivity index (χ4v) is 4.65. The van der Waals surface area contributed by atoms with Crippen LogP contribution in [0.15, 0.2) is 49.1 Å². The smallest absolute Gasteiger partial charge is 0.0168 e. The lowest BCUT2D eigenvalue weighted by atomic mass is 9.68. The molecule has 2 saturated carbocycles. The van der Waals surface area contributed by atoms with Gasteiger partial charge in [-0.1, -0.05) is 55.4 Å². The first kappa shape index (κ1) is 18.3. The molecule has 0 nitrogen and oxygen atoms in total. The Morgan fingerprint density at radius 1 is 0.870 bits per heavy atom. The zero-order valence-electron chi connectivity index (χ0n) is 15.2. The highest BCUT2D eigenvalue weighted by atomic mass is 14.4. The number of hydrogen-bond acceptors (Lipinski definition) is 0. The molecule has 2 rings (SSSR count). The molecule has 0 aromatic heterocycles. The van der Waals surface area contributed by atoms with Crippen LogP contribution in [0, 0.1) is 23.7 Å². The minimum atomic E-state index is 0.714. The molecule has 0 spiro atoms. The van der Waals surface area contributed by atoms with Gasteiger partial charge in [-0.25, -0.2) is 0 Å². The van der Waals surface area contributed by atoms with E-state index in [1.807, 2.05) is 6.92 Å². The zero-order chi connectivity index (χ0) is 16.7. The second-order valence-corrected chi connectivity index (χ2v) is 8.01. The highest BCUT2D eigenvalue weighted by Gasteiger charge is 2.30. The van der Waals surface area contributed by atoms with Gasteiger partial charge in [-0.15, -0.1) is 6.58 Å². The Kier molecular flexibility index (Phi) is 7.40. The van der Waals surface area contributed by atoms with Crippen LogP contribution in [0.2, 0.25) is 0 Å². The molecule has 0 aliphatic heterocycles. The molecule has 128 valence electrons. The molecular formula is C23H36. The summed E-state index contributed by atoms with van der Waals surface area (Å²) in [5, 5.41) is 0. The summed E-state index contributed by atoms with van der Waals surface area (Å²) >= 11 is 0. The van der Waals surface area contributed by atoms with Crippen molar-refractivity contribution in [2.24, 2.45) is 23.7 Å². The van der Waals surface area contributed by atoms with Crippen molar-refractivity contribution in [3.8, 4) is 0 Å². The number of hydrogen-bond donors (Lipinski definition) is 0. The van der Waals surface area contributed by atoms with Crippen LogP contribution in [-0.4, -0.2) is 0 Å². The Morgan fingerprint density at radius 3 is 1.96 bits per heavy atom. The van der Waals surface area contributed by atoms with Crippen molar-refractivity contribution in [3.05, 3.63) is 49.1 Å². The lowest BCUT2D eigenvalue weighted by Gasteiger charge is -2.38. The van der Waals surface area contributed by atoms with Crippen LogP contribution in [0.4, 0.5) is 0 Å². The summed E-state index contributed by atoms with van der Waals surface area (Å²) in [4.78, 5) is 0. The number of rotatable bonds is 7. The van der Waals surface area contributed by atoms with Crippen molar-refractivity contribution in [2.45, 2.75) is 71.1 Å². The molecule has 0 aromatic rings. The molecule has 23 heavy (non-hydrogen) atoms. The Balaban J connectivity index is 1.72. The van der Waals surface area contributed by atoms with Gasteiger partial charge < -0.3 is 0 Å². The fraction of sp³-hybridized carbons (Fsp3) is 0.652. The second kappa shape index (κ2) is 9.30. The van der Waals surface area contributed by atoms with Gasteiger partial charge in [0, 0.05) is 0 Å². The minimum absolute atomic E-state index is 0.714. The molecular weight excluding hydrogens is 276 g/mol. The molecule has 0 heterocycles. The maximum Gasteiger partial charge on any atom is -0.0168 e. The summed E-state index contributed by atoms with van der Waals surface area (Å²) in [6.07, 6.45) is 20.4. The average Bonchev–Trinajstić information content (AvgIpc) is 2.58. The predicted molar refractivity (Wildman–Crippen MR) is 103 cm³/mol. The summed E-state index contributed by atoms with van der Waals surface area (Å²) < 4.78 is 0. The van der Waals surface area contributed by atoms with E-state index in [2.05, 4.69) is 38.0 Å². The second-order valence-electron chi connectivity index (χ2n) is 8.01. The van der Waals surface area contributed by atoms with E-state index in [4.69, 9.17) is 0 Å². The topological polar surface area (TPSA) is 0 Å². The number of allylic oxidation sites excluding steroid dienone is 5. The Labute approximate surface area is 144 Å². The first-order valence-corrected chi connectivity index (χ1v) is 9.73. The van der Waals surface area contributed by atoms with Gasteiger partial charge in [0.15, 0.2) is 0 Å². The van der Waals surface area contributed by atoms with E-state index in [0.717, 1.165) is 23.3 Å². The summed E-state index contributed by atoms with van der Waals surface area (Å²) in [5.74, 6) is 3.69. The van der Waals surface area contributed by atoms with Crippen molar-refractivity contribution in [2.75, 3.05) is 0 Å². The van der Waals surface area contributed by atoms with E-state index in [1.54, 1.807) is 0 Å². The minimum Gasteiger partial charge on any atom is -0.103 e. The van der Waals surface area contributed by atoms with Crippen molar-refractivity contribution in [1.29, 1.82) is 0 Å². The van der Waals surface area contributed by atoms with Gasteiger partial charge in [-0.2, -0.15) is 0 Å². The van der Waals surface area contributed by atoms with Gasteiger partial charge >= 0.3 is 0 Å². The Bertz CT molecular complexity index is 423. The highest BCUT2D eigenvalue weighted by molar-refractivity contribution is 5.25. The van der Waals surface area contributed by atoms with Crippen LogP contribution < -0.4 is 0 Å². The van der Waals surface area contributed by atoms with Crippen molar-refractivity contribution >= 4 is 0 Å². The molecule has 0 saturated heterocycles. The lowest BCUT2D eigenvalue weighted by molar-refractivity contribution is 0.151. The molecule has 2 aliphatic rings. The standard InChI is InChI=1S/C23H36/c1-5-6-7-20-10-12-22(13-11-20)23-16-14-21(15-17-23)19(4)9-8-18(2)3/h5,8-9,20-23H,1-2,4,6-7,10-17H2,3H3/b9-8-. The lowest BCUT2D eigenvalue weighted by Crippen LogP contribution is -2.26. The summed E-state index contributed by atoms with van der Waals surface area (Å²) in [6, 6.07) is 0. The van der Waals surface area contributed by atoms with Gasteiger partial charge in [-0.3, -0.25) is 0 Å². The van der Waals surface area contributed by atoms with Crippen LogP contribution in [0.1, 0.15) is 71.1 Å². The monoisotopic (exact) mass is 312 g/mol. The largest absolute Gasteiger partial charge is 0.103 e. The predicted octanol–water partition coefficient (Wildman–Crippen LogP) is 7.25. The van der Waals surface area contributed by atoms with Crippen molar-refractivity contribution < 1.29 is 0 Å². The zero-order valence-corrected chi connectivity index (χ0v) is 15.2. The van der Waals surface area contributed by atoms with Crippen LogP contribution in [0.5, 0.6) is 0 Å². The molecule has 0 atom stereocenters. The van der Waals surface area contributed by atoms with Gasteiger partial charge in [0.05, 0.1) is 0 Å². The van der Waals surface area contributed by atoms with Gasteiger partial charge in [0.1, 0.15) is 0 Å². The SMILES string of the molecule is C=CCCC1CCC(C2CCC(C(=C)/C=C\C(=C)C)CC2)CC1. The quantitative estimate of drug-likeness (QED) is 0.343. The third kappa shape index (κ3) is 5.83. The van der Waals surface area contributed by atoms with Crippen LogP contribution >= 0.6 is 0 Å². The summed E-state index contributed by atoms with van der Waals surface area (Å²) in [6.45, 7) is 14.1. The maximum atomic E-state index is 4.29. The van der Waals surface area contributed by atoms with E-state index in [-0.39, 0.29) is 0 Å². The molecule has 0 amide bonds. The molecule has 2 aliphatic carbocycles. The highest BCUT2D eigenvalue weighted by Crippen LogP contribution is 2.43. The van der Waals surface area contributed by atoms with Crippen molar-refractivity contribution in [3.63, 3.8) is 0 Å². The third-order valence-electron chi connectivity index (χ3n) is 6.22. The normalized spacial score (nSPS) is 31.9. The van der Waals surface area contributed by atoms with E-state index >= 15 is 0 Å². The third-order valence-corrected chi connectivity index (χ3v) is 6.22. The molecule has 0 radical (unpaired) electrons. The molecule has 0 unspecified atom stereocenters. The van der Waals surface area contributed by atoms with Crippen LogP contribution in [-0.2, 0) is 0 Å². The van der Waals surface area contributed by atoms with E-state index in [0.29, 0.717) is 5.92 Å². The first-order chi connectivity index (χ1) is 11.1. The molecule has 0 heteroatoms.